The molecule has 0 fully saturated rings. The Morgan fingerprint density at radius 1 is 0.842 bits per heavy atom. The molecular formula is C14H12F3O2+. The van der Waals surface area contributed by atoms with Gasteiger partial charge in [-0.3, -0.25) is 0 Å². The predicted molar refractivity (Wildman–Crippen MR) is 65.4 cm³/mol. The molecule has 0 unspecified atom stereocenters. The maximum atomic E-state index is 12.0. The highest BCUT2D eigenvalue weighted by Gasteiger charge is 2.30. The van der Waals surface area contributed by atoms with Crippen molar-refractivity contribution in [3.63, 3.8) is 0 Å². The first-order chi connectivity index (χ1) is 8.92. The fourth-order valence-corrected chi connectivity index (χ4v) is 1.67. The summed E-state index contributed by atoms with van der Waals surface area (Å²) >= 11 is 0. The summed E-state index contributed by atoms with van der Waals surface area (Å²) in [6.07, 6.45) is -4.06. The normalized spacial score (nSPS) is 11.3. The molecule has 2 nitrogen and oxygen atoms in total. The summed E-state index contributed by atoms with van der Waals surface area (Å²) in [4.78, 5) is 0. The number of ether oxygens (including phenoxy) is 1. The largest absolute Gasteiger partial charge is 0.593 e. The van der Waals surface area contributed by atoms with Gasteiger partial charge in [-0.05, 0) is 41.8 Å². The highest BCUT2D eigenvalue weighted by Crippen LogP contribution is 2.23. The van der Waals surface area contributed by atoms with Gasteiger partial charge in [-0.25, -0.2) is 0 Å². The smallest absolute Gasteiger partial charge is 0.573 e. The van der Waals surface area contributed by atoms with Crippen molar-refractivity contribution in [2.24, 2.45) is 0 Å². The van der Waals surface area contributed by atoms with Crippen molar-refractivity contribution in [3.8, 4) is 11.5 Å². The first-order valence-electron chi connectivity index (χ1n) is 5.58. The van der Waals surface area contributed by atoms with Gasteiger partial charge < -0.3 is 9.84 Å². The summed E-state index contributed by atoms with van der Waals surface area (Å²) in [5.74, 6) is 0.204. The van der Waals surface area contributed by atoms with E-state index in [1.54, 1.807) is 24.3 Å². The van der Waals surface area contributed by atoms with Crippen LogP contribution in [0, 0.1) is 0 Å². The van der Waals surface area contributed by atoms with Gasteiger partial charge in [0.05, 0.1) is 0 Å². The number of halogens is 3. The van der Waals surface area contributed by atoms with Crippen LogP contribution < -0.4 is 4.74 Å². The molecule has 2 N–H and O–H groups in total. The molecule has 100 valence electrons. The van der Waals surface area contributed by atoms with Crippen LogP contribution in [0.4, 0.5) is 13.2 Å². The van der Waals surface area contributed by atoms with Crippen LogP contribution in [0.1, 0.15) is 11.1 Å². The zero-order valence-electron chi connectivity index (χ0n) is 9.87. The molecule has 0 aromatic heterocycles. The summed E-state index contributed by atoms with van der Waals surface area (Å²) in [7, 11) is 0. The minimum Gasteiger partial charge on any atom is -0.593 e. The Kier molecular flexibility index (Phi) is 3.64. The van der Waals surface area contributed by atoms with Crippen LogP contribution in [-0.2, 0) is 6.42 Å². The molecule has 0 atom stereocenters. The fourth-order valence-electron chi connectivity index (χ4n) is 1.67. The van der Waals surface area contributed by atoms with E-state index in [1.807, 2.05) is 12.1 Å². The van der Waals surface area contributed by atoms with Gasteiger partial charge in [0.2, 0.25) is 0 Å². The standard InChI is InChI=1S/C14H11F3O2/c15-14(16,17)19-13-7-3-11(4-8-13)9-10-1-5-12(18)6-2-10/h1-8,18H,9H2/p+1. The number of rotatable bonds is 3. The quantitative estimate of drug-likeness (QED) is 0.783. The van der Waals surface area contributed by atoms with Crippen molar-refractivity contribution >= 4 is 0 Å². The third-order valence-electron chi connectivity index (χ3n) is 2.52. The van der Waals surface area contributed by atoms with E-state index in [-0.39, 0.29) is 5.75 Å². The SMILES string of the molecule is [OH2+]c1ccc(Cc2ccc(OC(F)(F)F)cc2)cc1. The van der Waals surface area contributed by atoms with Crippen molar-refractivity contribution < 1.29 is 23.0 Å². The Hall–Kier alpha value is -2.17. The van der Waals surface area contributed by atoms with Gasteiger partial charge in [-0.15, -0.1) is 13.2 Å². The molecule has 0 saturated carbocycles. The third kappa shape index (κ3) is 4.21. The summed E-state index contributed by atoms with van der Waals surface area (Å²) in [6, 6.07) is 12.8. The van der Waals surface area contributed by atoms with Gasteiger partial charge in [0, 0.05) is 12.1 Å². The van der Waals surface area contributed by atoms with Gasteiger partial charge in [0.15, 0.2) is 0 Å². The van der Waals surface area contributed by atoms with Crippen molar-refractivity contribution in [1.82, 2.24) is 0 Å². The van der Waals surface area contributed by atoms with E-state index < -0.39 is 6.36 Å². The van der Waals surface area contributed by atoms with Crippen LogP contribution >= 0.6 is 0 Å². The van der Waals surface area contributed by atoms with Gasteiger partial charge in [-0.1, -0.05) is 12.1 Å². The number of alkyl halides is 3. The molecule has 0 aliphatic carbocycles. The lowest BCUT2D eigenvalue weighted by Gasteiger charge is -2.09. The van der Waals surface area contributed by atoms with E-state index >= 15 is 0 Å². The van der Waals surface area contributed by atoms with Crippen LogP contribution in [0.25, 0.3) is 0 Å². The second-order valence-electron chi connectivity index (χ2n) is 4.07. The Bertz CT molecular complexity index is 530. The molecule has 2 rings (SSSR count). The Morgan fingerprint density at radius 3 is 1.79 bits per heavy atom. The Labute approximate surface area is 108 Å². The minimum atomic E-state index is -4.66. The number of hydrogen-bond acceptors (Lipinski definition) is 1. The molecular weight excluding hydrogens is 257 g/mol. The zero-order valence-corrected chi connectivity index (χ0v) is 9.87. The molecule has 5 heteroatoms. The minimum absolute atomic E-state index is 0.224. The van der Waals surface area contributed by atoms with Gasteiger partial charge in [0.25, 0.3) is 5.75 Å². The van der Waals surface area contributed by atoms with Crippen LogP contribution in [-0.4, -0.2) is 11.5 Å². The van der Waals surface area contributed by atoms with Crippen LogP contribution in [0.15, 0.2) is 48.5 Å². The van der Waals surface area contributed by atoms with E-state index in [0.29, 0.717) is 12.2 Å². The monoisotopic (exact) mass is 269 g/mol. The highest BCUT2D eigenvalue weighted by molar-refractivity contribution is 5.33. The zero-order chi connectivity index (χ0) is 13.9. The molecule has 2 aromatic carbocycles. The summed E-state index contributed by atoms with van der Waals surface area (Å²) in [5, 5.41) is 7.36. The summed E-state index contributed by atoms with van der Waals surface area (Å²) in [5.41, 5.74) is 1.88. The fraction of sp³-hybridized carbons (Fsp3) is 0.143. The molecule has 19 heavy (non-hydrogen) atoms. The third-order valence-corrected chi connectivity index (χ3v) is 2.52. The topological polar surface area (TPSA) is 32.1 Å². The summed E-state index contributed by atoms with van der Waals surface area (Å²) in [6.45, 7) is 0. The molecule has 0 radical (unpaired) electrons. The lowest BCUT2D eigenvalue weighted by molar-refractivity contribution is -0.274. The molecule has 0 heterocycles. The van der Waals surface area contributed by atoms with E-state index in [2.05, 4.69) is 4.74 Å². The first kappa shape index (κ1) is 13.3. The molecule has 0 bridgehead atoms. The Morgan fingerprint density at radius 2 is 1.32 bits per heavy atom. The second kappa shape index (κ2) is 5.22. The maximum Gasteiger partial charge on any atom is 0.573 e. The number of benzene rings is 2. The van der Waals surface area contributed by atoms with Gasteiger partial charge >= 0.3 is 6.36 Å². The first-order valence-corrected chi connectivity index (χ1v) is 5.58. The highest BCUT2D eigenvalue weighted by atomic mass is 19.4. The van der Waals surface area contributed by atoms with Gasteiger partial charge in [-0.2, -0.15) is 0 Å². The molecule has 0 spiro atoms. The average Bonchev–Trinajstić information content (AvgIpc) is 2.33. The van der Waals surface area contributed by atoms with Crippen LogP contribution in [0.2, 0.25) is 0 Å². The molecule has 0 amide bonds. The van der Waals surface area contributed by atoms with Crippen molar-refractivity contribution in [3.05, 3.63) is 59.7 Å². The van der Waals surface area contributed by atoms with E-state index in [1.165, 1.54) is 12.1 Å². The van der Waals surface area contributed by atoms with Crippen molar-refractivity contribution in [2.75, 3.05) is 0 Å². The van der Waals surface area contributed by atoms with Crippen molar-refractivity contribution in [2.45, 2.75) is 12.8 Å². The number of hydrogen-bond donors (Lipinski definition) is 0. The van der Waals surface area contributed by atoms with Crippen LogP contribution in [0.3, 0.4) is 0 Å². The van der Waals surface area contributed by atoms with Crippen LogP contribution in [0.5, 0.6) is 11.5 Å². The lowest BCUT2D eigenvalue weighted by atomic mass is 10.0. The maximum absolute atomic E-state index is 12.0. The average molecular weight is 269 g/mol. The van der Waals surface area contributed by atoms with E-state index in [0.717, 1.165) is 11.1 Å². The lowest BCUT2D eigenvalue weighted by Crippen LogP contribution is -2.17. The summed E-state index contributed by atoms with van der Waals surface area (Å²) < 4.78 is 39.8. The molecule has 0 saturated heterocycles. The molecule has 0 aliphatic rings. The predicted octanol–water partition coefficient (Wildman–Crippen LogP) is 3.61. The van der Waals surface area contributed by atoms with E-state index in [9.17, 15) is 13.2 Å². The molecule has 0 aliphatic heterocycles. The molecule has 2 aromatic rings. The Balaban J connectivity index is 2.04. The van der Waals surface area contributed by atoms with E-state index in [4.69, 9.17) is 5.11 Å². The van der Waals surface area contributed by atoms with Crippen molar-refractivity contribution in [1.29, 1.82) is 0 Å². The van der Waals surface area contributed by atoms with Gasteiger partial charge in [0.1, 0.15) is 5.75 Å². The second-order valence-corrected chi connectivity index (χ2v) is 4.07.